The van der Waals surface area contributed by atoms with Gasteiger partial charge in [-0.15, -0.1) is 0 Å². The van der Waals surface area contributed by atoms with E-state index in [1.165, 1.54) is 6.21 Å². The third-order valence-corrected chi connectivity index (χ3v) is 1.57. The van der Waals surface area contributed by atoms with Crippen molar-refractivity contribution in [1.29, 1.82) is 0 Å². The molecule has 2 N–H and O–H groups in total. The number of allylic oxidation sites excluding steroid dienone is 1. The number of rotatable bonds is 3. The van der Waals surface area contributed by atoms with E-state index in [1.54, 1.807) is 6.08 Å². The van der Waals surface area contributed by atoms with Gasteiger partial charge in [-0.05, 0) is 30.4 Å². The zero-order chi connectivity index (χ0) is 10.2. The van der Waals surface area contributed by atoms with Crippen LogP contribution < -0.4 is 10.7 Å². The molecular weight excluding hydrogens is 194 g/mol. The molecule has 0 saturated heterocycles. The van der Waals surface area contributed by atoms with Gasteiger partial charge in [0, 0.05) is 11.9 Å². The molecule has 0 heterocycles. The average Bonchev–Trinajstić information content (AvgIpc) is 2.20. The lowest BCUT2D eigenvalue weighted by Crippen LogP contribution is -2.23. The molecule has 1 aromatic carbocycles. The topological polar surface area (TPSA) is 36.4 Å². The van der Waals surface area contributed by atoms with Gasteiger partial charge < -0.3 is 5.32 Å². The van der Waals surface area contributed by atoms with Crippen LogP contribution in [0.25, 0.3) is 0 Å². The van der Waals surface area contributed by atoms with Gasteiger partial charge in [0.05, 0.1) is 0 Å². The van der Waals surface area contributed by atoms with Crippen LogP contribution in [0.5, 0.6) is 0 Å². The number of hydrogen-bond acceptors (Lipinski definition) is 2. The van der Waals surface area contributed by atoms with Crippen LogP contribution >= 0.6 is 12.2 Å². The van der Waals surface area contributed by atoms with Gasteiger partial charge in [-0.3, -0.25) is 5.43 Å². The summed E-state index contributed by atoms with van der Waals surface area (Å²) in [4.78, 5) is 0. The first-order valence-corrected chi connectivity index (χ1v) is 4.50. The minimum atomic E-state index is 0.453. The third kappa shape index (κ3) is 3.82. The number of hydrazone groups is 1. The van der Waals surface area contributed by atoms with E-state index in [0.29, 0.717) is 5.11 Å². The van der Waals surface area contributed by atoms with E-state index in [0.717, 1.165) is 5.69 Å². The lowest BCUT2D eigenvalue weighted by atomic mass is 10.3. The summed E-state index contributed by atoms with van der Waals surface area (Å²) in [5.41, 5.74) is 3.58. The second-order valence-electron chi connectivity index (χ2n) is 2.45. The van der Waals surface area contributed by atoms with Crippen LogP contribution in [0.2, 0.25) is 0 Å². The SMILES string of the molecule is C=C/C=N/NC(=S)Nc1ccccc1. The second-order valence-corrected chi connectivity index (χ2v) is 2.85. The zero-order valence-electron chi connectivity index (χ0n) is 7.60. The van der Waals surface area contributed by atoms with Crippen molar-refractivity contribution in [1.82, 2.24) is 5.43 Å². The molecular formula is C10H11N3S. The van der Waals surface area contributed by atoms with Crippen molar-refractivity contribution in [3.63, 3.8) is 0 Å². The highest BCUT2D eigenvalue weighted by atomic mass is 32.1. The van der Waals surface area contributed by atoms with Crippen LogP contribution in [0.1, 0.15) is 0 Å². The van der Waals surface area contributed by atoms with E-state index >= 15 is 0 Å². The van der Waals surface area contributed by atoms with Crippen LogP contribution in [0, 0.1) is 0 Å². The first-order chi connectivity index (χ1) is 6.83. The van der Waals surface area contributed by atoms with Gasteiger partial charge in [0.25, 0.3) is 0 Å². The Labute approximate surface area is 88.5 Å². The fourth-order valence-electron chi connectivity index (χ4n) is 0.829. The summed E-state index contributed by atoms with van der Waals surface area (Å²) in [6.07, 6.45) is 3.09. The van der Waals surface area contributed by atoms with Gasteiger partial charge in [0.15, 0.2) is 5.11 Å². The highest BCUT2D eigenvalue weighted by molar-refractivity contribution is 7.80. The quantitative estimate of drug-likeness (QED) is 0.451. The van der Waals surface area contributed by atoms with Gasteiger partial charge in [-0.2, -0.15) is 5.10 Å². The summed E-state index contributed by atoms with van der Waals surface area (Å²) >= 11 is 4.98. The summed E-state index contributed by atoms with van der Waals surface area (Å²) in [5.74, 6) is 0. The molecule has 72 valence electrons. The van der Waals surface area contributed by atoms with Gasteiger partial charge in [-0.1, -0.05) is 24.8 Å². The fraction of sp³-hybridized carbons (Fsp3) is 0. The summed E-state index contributed by atoms with van der Waals surface area (Å²) in [6.45, 7) is 3.49. The van der Waals surface area contributed by atoms with Crippen LogP contribution in [0.4, 0.5) is 5.69 Å². The van der Waals surface area contributed by atoms with Crippen molar-refractivity contribution in [3.05, 3.63) is 43.0 Å². The van der Waals surface area contributed by atoms with Crippen molar-refractivity contribution in [3.8, 4) is 0 Å². The number of hydrogen-bond donors (Lipinski definition) is 2. The average molecular weight is 205 g/mol. The fourth-order valence-corrected chi connectivity index (χ4v) is 1.000. The predicted octanol–water partition coefficient (Wildman–Crippen LogP) is 2.14. The molecule has 0 aromatic heterocycles. The van der Waals surface area contributed by atoms with E-state index in [9.17, 15) is 0 Å². The lowest BCUT2D eigenvalue weighted by molar-refractivity contribution is 1.05. The molecule has 0 aliphatic heterocycles. The standard InChI is InChI=1S/C10H11N3S/c1-2-8-11-13-10(14)12-9-6-4-3-5-7-9/h2-8H,1H2,(H2,12,13,14)/b11-8+. The highest BCUT2D eigenvalue weighted by Crippen LogP contribution is 2.03. The van der Waals surface area contributed by atoms with E-state index in [4.69, 9.17) is 12.2 Å². The van der Waals surface area contributed by atoms with Crippen molar-refractivity contribution in [2.75, 3.05) is 5.32 Å². The highest BCUT2D eigenvalue weighted by Gasteiger charge is 1.92. The summed E-state index contributed by atoms with van der Waals surface area (Å²) in [5, 5.41) is 7.22. The first-order valence-electron chi connectivity index (χ1n) is 4.09. The van der Waals surface area contributed by atoms with Gasteiger partial charge in [0.2, 0.25) is 0 Å². The van der Waals surface area contributed by atoms with Gasteiger partial charge >= 0.3 is 0 Å². The number of para-hydroxylation sites is 1. The normalized spacial score (nSPS) is 9.71. The molecule has 0 atom stereocenters. The Bertz CT molecular complexity index is 332. The molecule has 0 aliphatic rings. The molecule has 0 aliphatic carbocycles. The Kier molecular flexibility index (Phi) is 4.37. The third-order valence-electron chi connectivity index (χ3n) is 1.38. The Morgan fingerprint density at radius 1 is 1.36 bits per heavy atom. The number of benzene rings is 1. The largest absolute Gasteiger partial charge is 0.331 e. The Morgan fingerprint density at radius 2 is 2.07 bits per heavy atom. The lowest BCUT2D eigenvalue weighted by Gasteiger charge is -2.05. The van der Waals surface area contributed by atoms with E-state index in [-0.39, 0.29) is 0 Å². The minimum absolute atomic E-state index is 0.453. The molecule has 1 rings (SSSR count). The molecule has 14 heavy (non-hydrogen) atoms. The Morgan fingerprint density at radius 3 is 2.71 bits per heavy atom. The molecule has 0 fully saturated rings. The molecule has 0 saturated carbocycles. The van der Waals surface area contributed by atoms with E-state index < -0.39 is 0 Å². The summed E-state index contributed by atoms with van der Waals surface area (Å²) in [6, 6.07) is 9.64. The Hall–Kier alpha value is -1.68. The maximum atomic E-state index is 4.98. The Balaban J connectivity index is 2.42. The van der Waals surface area contributed by atoms with Crippen molar-refractivity contribution >= 4 is 29.2 Å². The summed E-state index contributed by atoms with van der Waals surface area (Å²) in [7, 11) is 0. The number of nitrogens with zero attached hydrogens (tertiary/aromatic N) is 1. The van der Waals surface area contributed by atoms with Crippen molar-refractivity contribution in [2.24, 2.45) is 5.10 Å². The molecule has 0 amide bonds. The molecule has 0 bridgehead atoms. The molecule has 0 unspecified atom stereocenters. The minimum Gasteiger partial charge on any atom is -0.331 e. The van der Waals surface area contributed by atoms with Crippen LogP contribution in [-0.4, -0.2) is 11.3 Å². The van der Waals surface area contributed by atoms with Crippen LogP contribution in [0.15, 0.2) is 48.1 Å². The van der Waals surface area contributed by atoms with Crippen LogP contribution in [-0.2, 0) is 0 Å². The second kappa shape index (κ2) is 5.88. The molecule has 3 nitrogen and oxygen atoms in total. The van der Waals surface area contributed by atoms with Crippen molar-refractivity contribution < 1.29 is 0 Å². The summed E-state index contributed by atoms with van der Waals surface area (Å²) < 4.78 is 0. The van der Waals surface area contributed by atoms with E-state index in [1.807, 2.05) is 30.3 Å². The molecule has 0 spiro atoms. The maximum absolute atomic E-state index is 4.98. The predicted molar refractivity (Wildman–Crippen MR) is 64.5 cm³/mol. The van der Waals surface area contributed by atoms with Gasteiger partial charge in [0.1, 0.15) is 0 Å². The van der Waals surface area contributed by atoms with Crippen LogP contribution in [0.3, 0.4) is 0 Å². The first kappa shape index (κ1) is 10.4. The smallest absolute Gasteiger partial charge is 0.191 e. The zero-order valence-corrected chi connectivity index (χ0v) is 8.42. The maximum Gasteiger partial charge on any atom is 0.191 e. The number of anilines is 1. The number of nitrogens with one attached hydrogen (secondary N) is 2. The molecule has 4 heteroatoms. The van der Waals surface area contributed by atoms with Gasteiger partial charge in [-0.25, -0.2) is 0 Å². The van der Waals surface area contributed by atoms with E-state index in [2.05, 4.69) is 22.4 Å². The van der Waals surface area contributed by atoms with Crippen molar-refractivity contribution in [2.45, 2.75) is 0 Å². The number of thiocarbonyl (C=S) groups is 1. The monoisotopic (exact) mass is 205 g/mol. The molecule has 1 aromatic rings. The molecule has 0 radical (unpaired) electrons.